The lowest BCUT2D eigenvalue weighted by Crippen LogP contribution is -1.99. The number of halogens is 1. The standard InChI is InChI=1S/C17H16FN3/c1-10-3-6-15(14(18)9-10)21-17-13-5-4-11(2)16(19)12(13)7-8-20-17/h3-9H,19H2,1-2H3,(H,20,21). The highest BCUT2D eigenvalue weighted by Crippen LogP contribution is 2.30. The fourth-order valence-corrected chi connectivity index (χ4v) is 2.34. The molecule has 0 aliphatic rings. The Kier molecular flexibility index (Phi) is 3.22. The largest absolute Gasteiger partial charge is 0.398 e. The maximum absolute atomic E-state index is 14.0. The summed E-state index contributed by atoms with van der Waals surface area (Å²) in [6.07, 6.45) is 1.67. The summed E-state index contributed by atoms with van der Waals surface area (Å²) >= 11 is 0. The molecule has 3 aromatic rings. The Morgan fingerprint density at radius 2 is 1.86 bits per heavy atom. The number of anilines is 3. The molecule has 3 nitrogen and oxygen atoms in total. The van der Waals surface area contributed by atoms with Crippen molar-refractivity contribution in [2.24, 2.45) is 0 Å². The molecule has 0 saturated carbocycles. The second-order valence-corrected chi connectivity index (χ2v) is 5.16. The van der Waals surface area contributed by atoms with Crippen molar-refractivity contribution in [1.29, 1.82) is 0 Å². The zero-order valence-corrected chi connectivity index (χ0v) is 11.9. The highest BCUT2D eigenvalue weighted by atomic mass is 19.1. The van der Waals surface area contributed by atoms with Crippen LogP contribution in [0.25, 0.3) is 10.8 Å². The summed E-state index contributed by atoms with van der Waals surface area (Å²) in [4.78, 5) is 4.30. The van der Waals surface area contributed by atoms with Gasteiger partial charge in [0.1, 0.15) is 11.6 Å². The molecule has 4 heteroatoms. The first-order chi connectivity index (χ1) is 10.1. The van der Waals surface area contributed by atoms with Crippen LogP contribution in [0.15, 0.2) is 42.6 Å². The molecular weight excluding hydrogens is 265 g/mol. The average molecular weight is 281 g/mol. The van der Waals surface area contributed by atoms with Gasteiger partial charge in [-0.1, -0.05) is 18.2 Å². The van der Waals surface area contributed by atoms with Crippen LogP contribution in [0.3, 0.4) is 0 Å². The minimum absolute atomic E-state index is 0.297. The Balaban J connectivity index is 2.11. The van der Waals surface area contributed by atoms with E-state index in [1.165, 1.54) is 6.07 Å². The van der Waals surface area contributed by atoms with Gasteiger partial charge in [-0.25, -0.2) is 9.37 Å². The van der Waals surface area contributed by atoms with E-state index in [9.17, 15) is 4.39 Å². The summed E-state index contributed by atoms with van der Waals surface area (Å²) in [7, 11) is 0. The normalized spacial score (nSPS) is 10.8. The number of nitrogen functional groups attached to an aromatic ring is 1. The maximum atomic E-state index is 14.0. The zero-order chi connectivity index (χ0) is 15.0. The van der Waals surface area contributed by atoms with Crippen LogP contribution in [0.5, 0.6) is 0 Å². The van der Waals surface area contributed by atoms with Crippen molar-refractivity contribution in [2.45, 2.75) is 13.8 Å². The molecule has 0 aliphatic heterocycles. The lowest BCUT2D eigenvalue weighted by molar-refractivity contribution is 0.630. The number of pyridine rings is 1. The van der Waals surface area contributed by atoms with Gasteiger partial charge in [-0.2, -0.15) is 0 Å². The summed E-state index contributed by atoms with van der Waals surface area (Å²) in [6.45, 7) is 3.81. The van der Waals surface area contributed by atoms with Crippen molar-refractivity contribution >= 4 is 28.0 Å². The quantitative estimate of drug-likeness (QED) is 0.688. The maximum Gasteiger partial charge on any atom is 0.146 e. The first-order valence-electron chi connectivity index (χ1n) is 6.73. The van der Waals surface area contributed by atoms with E-state index in [0.717, 1.165) is 27.6 Å². The molecule has 2 aromatic carbocycles. The molecule has 0 atom stereocenters. The van der Waals surface area contributed by atoms with Gasteiger partial charge < -0.3 is 11.1 Å². The predicted octanol–water partition coefficient (Wildman–Crippen LogP) is 4.32. The third kappa shape index (κ3) is 2.40. The Morgan fingerprint density at radius 3 is 2.62 bits per heavy atom. The topological polar surface area (TPSA) is 50.9 Å². The smallest absolute Gasteiger partial charge is 0.146 e. The SMILES string of the molecule is Cc1ccc(Nc2nccc3c(N)c(C)ccc23)c(F)c1. The number of nitrogens with one attached hydrogen (secondary N) is 1. The van der Waals surface area contributed by atoms with Gasteiger partial charge in [0.05, 0.1) is 5.69 Å². The van der Waals surface area contributed by atoms with E-state index in [1.54, 1.807) is 12.3 Å². The van der Waals surface area contributed by atoms with Crippen molar-refractivity contribution in [3.63, 3.8) is 0 Å². The van der Waals surface area contributed by atoms with Gasteiger partial charge in [0, 0.05) is 22.7 Å². The fourth-order valence-electron chi connectivity index (χ4n) is 2.34. The van der Waals surface area contributed by atoms with Gasteiger partial charge in [0.25, 0.3) is 0 Å². The van der Waals surface area contributed by atoms with Gasteiger partial charge in [0.15, 0.2) is 0 Å². The molecular formula is C17H16FN3. The van der Waals surface area contributed by atoms with Crippen LogP contribution in [0.2, 0.25) is 0 Å². The van der Waals surface area contributed by atoms with E-state index >= 15 is 0 Å². The molecule has 0 unspecified atom stereocenters. The van der Waals surface area contributed by atoms with Crippen LogP contribution in [-0.2, 0) is 0 Å². The Hall–Kier alpha value is -2.62. The van der Waals surface area contributed by atoms with E-state index in [1.807, 2.05) is 38.1 Å². The number of rotatable bonds is 2. The molecule has 21 heavy (non-hydrogen) atoms. The Labute approximate surface area is 122 Å². The van der Waals surface area contributed by atoms with Crippen molar-refractivity contribution in [3.05, 3.63) is 59.5 Å². The van der Waals surface area contributed by atoms with Crippen LogP contribution >= 0.6 is 0 Å². The van der Waals surface area contributed by atoms with Crippen LogP contribution in [-0.4, -0.2) is 4.98 Å². The zero-order valence-electron chi connectivity index (χ0n) is 11.9. The first kappa shape index (κ1) is 13.4. The van der Waals surface area contributed by atoms with E-state index in [-0.39, 0.29) is 5.82 Å². The number of hydrogen-bond acceptors (Lipinski definition) is 3. The van der Waals surface area contributed by atoms with Gasteiger partial charge in [-0.15, -0.1) is 0 Å². The molecule has 0 amide bonds. The number of benzene rings is 2. The number of hydrogen-bond donors (Lipinski definition) is 2. The number of aromatic nitrogens is 1. The van der Waals surface area contributed by atoms with Gasteiger partial charge in [0.2, 0.25) is 0 Å². The molecule has 0 spiro atoms. The first-order valence-corrected chi connectivity index (χ1v) is 6.73. The third-order valence-corrected chi connectivity index (χ3v) is 3.58. The average Bonchev–Trinajstić information content (AvgIpc) is 2.46. The van der Waals surface area contributed by atoms with Crippen molar-refractivity contribution < 1.29 is 4.39 Å². The van der Waals surface area contributed by atoms with Crippen molar-refractivity contribution in [1.82, 2.24) is 4.98 Å². The molecule has 1 heterocycles. The second-order valence-electron chi connectivity index (χ2n) is 5.16. The molecule has 1 aromatic heterocycles. The summed E-state index contributed by atoms with van der Waals surface area (Å²) in [5.41, 5.74) is 9.12. The fraction of sp³-hybridized carbons (Fsp3) is 0.118. The van der Waals surface area contributed by atoms with Gasteiger partial charge in [-0.3, -0.25) is 0 Å². The molecule has 0 bridgehead atoms. The van der Waals surface area contributed by atoms with E-state index < -0.39 is 0 Å². The lowest BCUT2D eigenvalue weighted by atomic mass is 10.1. The summed E-state index contributed by atoms with van der Waals surface area (Å²) in [5, 5.41) is 4.84. The van der Waals surface area contributed by atoms with Gasteiger partial charge >= 0.3 is 0 Å². The van der Waals surface area contributed by atoms with E-state index in [2.05, 4.69) is 10.3 Å². The second kappa shape index (κ2) is 5.05. The molecule has 0 fully saturated rings. The Bertz CT molecular complexity index is 828. The van der Waals surface area contributed by atoms with Crippen LogP contribution in [0.1, 0.15) is 11.1 Å². The summed E-state index contributed by atoms with van der Waals surface area (Å²) < 4.78 is 14.0. The van der Waals surface area contributed by atoms with Crippen molar-refractivity contribution in [2.75, 3.05) is 11.1 Å². The van der Waals surface area contributed by atoms with E-state index in [4.69, 9.17) is 5.73 Å². The predicted molar refractivity (Wildman–Crippen MR) is 85.3 cm³/mol. The molecule has 106 valence electrons. The van der Waals surface area contributed by atoms with Gasteiger partial charge in [-0.05, 0) is 43.2 Å². The van der Waals surface area contributed by atoms with E-state index in [0.29, 0.717) is 11.5 Å². The third-order valence-electron chi connectivity index (χ3n) is 3.58. The van der Waals surface area contributed by atoms with Crippen LogP contribution < -0.4 is 11.1 Å². The number of aryl methyl sites for hydroxylation is 2. The highest BCUT2D eigenvalue weighted by Gasteiger charge is 2.09. The number of nitrogens with two attached hydrogens (primary N) is 1. The number of fused-ring (bicyclic) bond motifs is 1. The monoisotopic (exact) mass is 281 g/mol. The van der Waals surface area contributed by atoms with Crippen molar-refractivity contribution in [3.8, 4) is 0 Å². The lowest BCUT2D eigenvalue weighted by Gasteiger charge is -2.12. The molecule has 0 saturated heterocycles. The van der Waals surface area contributed by atoms with Crippen LogP contribution in [0.4, 0.5) is 21.6 Å². The van der Waals surface area contributed by atoms with Crippen LogP contribution in [0, 0.1) is 19.7 Å². The molecule has 0 radical (unpaired) electrons. The molecule has 3 rings (SSSR count). The molecule has 0 aliphatic carbocycles. The summed E-state index contributed by atoms with van der Waals surface area (Å²) in [6, 6.07) is 10.8. The minimum atomic E-state index is -0.297. The number of nitrogens with zero attached hydrogens (tertiary/aromatic N) is 1. The Morgan fingerprint density at radius 1 is 1.05 bits per heavy atom. The summed E-state index contributed by atoms with van der Waals surface area (Å²) in [5.74, 6) is 0.302. The minimum Gasteiger partial charge on any atom is -0.398 e. The molecule has 3 N–H and O–H groups in total. The highest BCUT2D eigenvalue weighted by molar-refractivity contribution is 6.01.